The number of amides is 1. The van der Waals surface area contributed by atoms with E-state index in [2.05, 4.69) is 37.2 Å². The van der Waals surface area contributed by atoms with E-state index in [1.807, 2.05) is 0 Å². The summed E-state index contributed by atoms with van der Waals surface area (Å²) in [5.74, 6) is -0.00844. The van der Waals surface area contributed by atoms with Crippen LogP contribution in [-0.4, -0.2) is 31.9 Å². The van der Waals surface area contributed by atoms with E-state index in [4.69, 9.17) is 0 Å². The van der Waals surface area contributed by atoms with Gasteiger partial charge in [-0.1, -0.05) is 0 Å². The summed E-state index contributed by atoms with van der Waals surface area (Å²) in [4.78, 5) is 12.4. The molecule has 2 heterocycles. The third kappa shape index (κ3) is 3.30. The zero-order valence-electron chi connectivity index (χ0n) is 8.57. The van der Waals surface area contributed by atoms with Crippen molar-refractivity contribution >= 4 is 58.9 Å². The normalized spacial score (nSPS) is 22.6. The Labute approximate surface area is 120 Å². The predicted molar refractivity (Wildman–Crippen MR) is 74.2 cm³/mol. The number of carbonyl (C=O) groups is 1. The second-order valence-corrected chi connectivity index (χ2v) is 9.26. The van der Waals surface area contributed by atoms with Gasteiger partial charge in [0, 0.05) is 10.5 Å². The maximum atomic E-state index is 11.8. The lowest BCUT2D eigenvalue weighted by atomic mass is 10.2. The van der Waals surface area contributed by atoms with Crippen molar-refractivity contribution in [1.82, 2.24) is 5.32 Å². The third-order valence-corrected chi connectivity index (χ3v) is 7.46. The van der Waals surface area contributed by atoms with Crippen molar-refractivity contribution in [3.63, 3.8) is 0 Å². The van der Waals surface area contributed by atoms with Crippen LogP contribution in [0.3, 0.4) is 0 Å². The Morgan fingerprint density at radius 2 is 2.18 bits per heavy atom. The van der Waals surface area contributed by atoms with E-state index < -0.39 is 9.84 Å². The minimum atomic E-state index is -2.96. The fourth-order valence-electron chi connectivity index (χ4n) is 1.62. The Morgan fingerprint density at radius 1 is 1.47 bits per heavy atom. The monoisotopic (exact) mass is 401 g/mol. The quantitative estimate of drug-likeness (QED) is 0.824. The lowest BCUT2D eigenvalue weighted by Gasteiger charge is -2.08. The van der Waals surface area contributed by atoms with Crippen LogP contribution in [0.5, 0.6) is 0 Å². The molecular weight excluding hydrogens is 394 g/mol. The van der Waals surface area contributed by atoms with Gasteiger partial charge in [-0.2, -0.15) is 0 Å². The van der Waals surface area contributed by atoms with Gasteiger partial charge in [0.1, 0.15) is 0 Å². The molecule has 1 atom stereocenters. The SMILES string of the molecule is O=C(NC1CCS(=O)(=O)C1)c1cc(Br)c(Br)s1. The molecule has 1 saturated heterocycles. The molecule has 1 amide bonds. The highest BCUT2D eigenvalue weighted by atomic mass is 79.9. The number of sulfone groups is 1. The minimum absolute atomic E-state index is 0.0481. The highest BCUT2D eigenvalue weighted by Crippen LogP contribution is 2.32. The molecule has 0 aliphatic carbocycles. The number of carbonyl (C=O) groups excluding carboxylic acids is 1. The van der Waals surface area contributed by atoms with Crippen LogP contribution in [-0.2, 0) is 9.84 Å². The predicted octanol–water partition coefficient (Wildman–Crippen LogP) is 2.19. The summed E-state index contributed by atoms with van der Waals surface area (Å²) >= 11 is 7.93. The topological polar surface area (TPSA) is 63.2 Å². The molecular formula is C9H9Br2NO3S2. The summed E-state index contributed by atoms with van der Waals surface area (Å²) in [5.41, 5.74) is 0. The van der Waals surface area contributed by atoms with Crippen LogP contribution in [0, 0.1) is 0 Å². The van der Waals surface area contributed by atoms with Gasteiger partial charge in [-0.15, -0.1) is 11.3 Å². The maximum Gasteiger partial charge on any atom is 0.261 e. The van der Waals surface area contributed by atoms with Crippen molar-refractivity contribution in [1.29, 1.82) is 0 Å². The molecule has 8 heteroatoms. The van der Waals surface area contributed by atoms with E-state index in [-0.39, 0.29) is 23.5 Å². The largest absolute Gasteiger partial charge is 0.348 e. The fraction of sp³-hybridized carbons (Fsp3) is 0.444. The second kappa shape index (κ2) is 4.99. The zero-order valence-corrected chi connectivity index (χ0v) is 13.4. The van der Waals surface area contributed by atoms with Crippen molar-refractivity contribution in [2.75, 3.05) is 11.5 Å². The first-order chi connectivity index (χ1) is 7.87. The fourth-order valence-corrected chi connectivity index (χ4v) is 5.24. The number of hydrogen-bond donors (Lipinski definition) is 1. The van der Waals surface area contributed by atoms with E-state index in [0.717, 1.165) is 8.26 Å². The molecule has 4 nitrogen and oxygen atoms in total. The lowest BCUT2D eigenvalue weighted by Crippen LogP contribution is -2.35. The molecule has 1 N–H and O–H groups in total. The Morgan fingerprint density at radius 3 is 2.65 bits per heavy atom. The van der Waals surface area contributed by atoms with Gasteiger partial charge >= 0.3 is 0 Å². The highest BCUT2D eigenvalue weighted by molar-refractivity contribution is 9.13. The molecule has 94 valence electrons. The molecule has 1 fully saturated rings. The summed E-state index contributed by atoms with van der Waals surface area (Å²) in [5, 5.41) is 2.74. The number of thiophene rings is 1. The molecule has 0 spiro atoms. The molecule has 1 aliphatic heterocycles. The van der Waals surface area contributed by atoms with Gasteiger partial charge in [0.25, 0.3) is 5.91 Å². The van der Waals surface area contributed by atoms with E-state index >= 15 is 0 Å². The van der Waals surface area contributed by atoms with E-state index in [1.165, 1.54) is 11.3 Å². The van der Waals surface area contributed by atoms with Crippen molar-refractivity contribution in [2.45, 2.75) is 12.5 Å². The average molecular weight is 403 g/mol. The highest BCUT2D eigenvalue weighted by Gasteiger charge is 2.29. The van der Waals surface area contributed by atoms with Crippen LogP contribution in [0.15, 0.2) is 14.3 Å². The van der Waals surface area contributed by atoms with Gasteiger partial charge in [-0.25, -0.2) is 8.42 Å². The van der Waals surface area contributed by atoms with Gasteiger partial charge in [-0.05, 0) is 44.3 Å². The summed E-state index contributed by atoms with van der Waals surface area (Å²) in [6.07, 6.45) is 0.502. The first kappa shape index (κ1) is 13.5. The number of hydrogen-bond acceptors (Lipinski definition) is 4. The average Bonchev–Trinajstić information content (AvgIpc) is 2.71. The number of rotatable bonds is 2. The van der Waals surface area contributed by atoms with E-state index in [1.54, 1.807) is 6.07 Å². The van der Waals surface area contributed by atoms with Crippen LogP contribution in [0.4, 0.5) is 0 Å². The molecule has 1 aromatic rings. The molecule has 1 aliphatic rings. The summed E-state index contributed by atoms with van der Waals surface area (Å²) in [6.45, 7) is 0. The van der Waals surface area contributed by atoms with Crippen LogP contribution in [0.1, 0.15) is 16.1 Å². The van der Waals surface area contributed by atoms with Gasteiger partial charge in [-0.3, -0.25) is 4.79 Å². The van der Waals surface area contributed by atoms with Crippen LogP contribution >= 0.6 is 43.2 Å². The Kier molecular flexibility index (Phi) is 3.96. The Balaban J connectivity index is 2.03. The first-order valence-corrected chi connectivity index (χ1v) is 9.06. The van der Waals surface area contributed by atoms with Crippen molar-refractivity contribution in [3.05, 3.63) is 19.2 Å². The minimum Gasteiger partial charge on any atom is -0.348 e. The molecule has 0 aromatic carbocycles. The molecule has 1 unspecified atom stereocenters. The van der Waals surface area contributed by atoms with E-state index in [9.17, 15) is 13.2 Å². The van der Waals surface area contributed by atoms with Gasteiger partial charge in [0.2, 0.25) is 0 Å². The summed E-state index contributed by atoms with van der Waals surface area (Å²) < 4.78 is 24.2. The van der Waals surface area contributed by atoms with Gasteiger partial charge < -0.3 is 5.32 Å². The van der Waals surface area contributed by atoms with Crippen molar-refractivity contribution < 1.29 is 13.2 Å². The van der Waals surface area contributed by atoms with Gasteiger partial charge in [0.05, 0.1) is 20.2 Å². The Hall–Kier alpha value is 0.0800. The van der Waals surface area contributed by atoms with Crippen LogP contribution in [0.2, 0.25) is 0 Å². The zero-order chi connectivity index (χ0) is 12.6. The molecule has 0 saturated carbocycles. The smallest absolute Gasteiger partial charge is 0.261 e. The van der Waals surface area contributed by atoms with Crippen LogP contribution in [0.25, 0.3) is 0 Å². The molecule has 17 heavy (non-hydrogen) atoms. The summed E-state index contributed by atoms with van der Waals surface area (Å²) in [6, 6.07) is 1.46. The lowest BCUT2D eigenvalue weighted by molar-refractivity contribution is 0.0945. The maximum absolute atomic E-state index is 11.8. The van der Waals surface area contributed by atoms with Crippen molar-refractivity contribution in [3.8, 4) is 0 Å². The molecule has 0 radical (unpaired) electrons. The van der Waals surface area contributed by atoms with Crippen LogP contribution < -0.4 is 5.32 Å². The second-order valence-electron chi connectivity index (χ2n) is 3.81. The Bertz CT molecular complexity index is 533. The van der Waals surface area contributed by atoms with Crippen molar-refractivity contribution in [2.24, 2.45) is 0 Å². The molecule has 2 rings (SSSR count). The third-order valence-electron chi connectivity index (χ3n) is 2.44. The summed E-state index contributed by atoms with van der Waals surface area (Å²) in [7, 11) is -2.96. The van der Waals surface area contributed by atoms with E-state index in [0.29, 0.717) is 11.3 Å². The molecule has 0 bridgehead atoms. The number of halogens is 2. The van der Waals surface area contributed by atoms with Gasteiger partial charge in [0.15, 0.2) is 9.84 Å². The molecule has 1 aromatic heterocycles. The first-order valence-electron chi connectivity index (χ1n) is 4.83. The number of nitrogens with one attached hydrogen (secondary N) is 1. The standard InChI is InChI=1S/C9H9Br2NO3S2/c10-6-3-7(16-8(6)11)9(13)12-5-1-2-17(14,15)4-5/h3,5H,1-2,4H2,(H,12,13).